The van der Waals surface area contributed by atoms with Crippen LogP contribution in [-0.4, -0.2) is 76.1 Å². The van der Waals surface area contributed by atoms with Crippen molar-refractivity contribution in [3.63, 3.8) is 0 Å². The Labute approximate surface area is 203 Å². The zero-order valence-electron chi connectivity index (χ0n) is 18.7. The third-order valence-electron chi connectivity index (χ3n) is 5.56. The van der Waals surface area contributed by atoms with Gasteiger partial charge in [-0.15, -0.1) is 0 Å². The molecule has 4 amide bonds. The molecule has 0 bridgehead atoms. The van der Waals surface area contributed by atoms with Gasteiger partial charge in [0, 0.05) is 25.1 Å². The summed E-state index contributed by atoms with van der Waals surface area (Å²) in [7, 11) is 0. The van der Waals surface area contributed by atoms with Gasteiger partial charge in [0.15, 0.2) is 0 Å². The molecule has 1 aromatic rings. The van der Waals surface area contributed by atoms with Crippen molar-refractivity contribution >= 4 is 42.2 Å². The fourth-order valence-electron chi connectivity index (χ4n) is 3.72. The van der Waals surface area contributed by atoms with Gasteiger partial charge in [-0.2, -0.15) is 12.6 Å². The van der Waals surface area contributed by atoms with Crippen LogP contribution in [0.5, 0.6) is 0 Å². The number of likely N-dealkylation sites (tertiary alicyclic amines) is 1. The zero-order valence-corrected chi connectivity index (χ0v) is 19.6. The number of carbonyl (C=O) groups is 5. The average molecular weight is 494 g/mol. The molecule has 1 aliphatic heterocycles. The number of nitrogens with zero attached hydrogens (tertiary/aromatic N) is 1. The van der Waals surface area contributed by atoms with Crippen LogP contribution in [-0.2, 0) is 30.4 Å². The first-order valence-electron chi connectivity index (χ1n) is 11.0. The minimum atomic E-state index is -1.19. The summed E-state index contributed by atoms with van der Waals surface area (Å²) in [5, 5.41) is 14.6. The minimum absolute atomic E-state index is 0.0662. The Hall–Kier alpha value is -3.12. The van der Waals surface area contributed by atoms with Crippen molar-refractivity contribution in [2.45, 2.75) is 56.3 Å². The lowest BCUT2D eigenvalue weighted by Crippen LogP contribution is -2.58. The maximum Gasteiger partial charge on any atom is 0.326 e. The summed E-state index contributed by atoms with van der Waals surface area (Å²) in [6.45, 7) is 0.222. The van der Waals surface area contributed by atoms with Gasteiger partial charge in [-0.1, -0.05) is 30.3 Å². The Balaban J connectivity index is 2.24. The van der Waals surface area contributed by atoms with Crippen molar-refractivity contribution in [1.82, 2.24) is 15.5 Å². The number of hydrogen-bond acceptors (Lipinski definition) is 7. The fourth-order valence-corrected chi connectivity index (χ4v) is 3.89. The second kappa shape index (κ2) is 12.9. The molecule has 0 spiro atoms. The van der Waals surface area contributed by atoms with E-state index in [1.807, 2.05) is 0 Å². The molecular weight excluding hydrogens is 462 g/mol. The van der Waals surface area contributed by atoms with Crippen molar-refractivity contribution in [1.29, 1.82) is 0 Å². The van der Waals surface area contributed by atoms with Crippen molar-refractivity contribution < 1.29 is 29.1 Å². The van der Waals surface area contributed by atoms with E-state index in [0.29, 0.717) is 12.8 Å². The first-order valence-corrected chi connectivity index (χ1v) is 11.6. The van der Waals surface area contributed by atoms with Crippen LogP contribution >= 0.6 is 12.6 Å². The first-order chi connectivity index (χ1) is 16.1. The number of thiol groups is 1. The molecule has 1 aliphatic rings. The Morgan fingerprint density at radius 1 is 1.09 bits per heavy atom. The molecule has 1 saturated heterocycles. The van der Waals surface area contributed by atoms with Gasteiger partial charge in [-0.3, -0.25) is 19.2 Å². The molecule has 2 rings (SSSR count). The van der Waals surface area contributed by atoms with Gasteiger partial charge >= 0.3 is 5.97 Å². The van der Waals surface area contributed by atoms with Crippen LogP contribution in [0, 0.1) is 0 Å². The number of primary amides is 1. The van der Waals surface area contributed by atoms with Gasteiger partial charge in [-0.05, 0) is 24.8 Å². The van der Waals surface area contributed by atoms with E-state index in [9.17, 15) is 29.1 Å². The standard InChI is InChI=1S/C22H31N5O6S/c23-14(12-34)19(29)26-16(11-13-5-2-1-3-6-13)20(30)25-15(8-9-18(24)28)21(31)27-10-4-7-17(27)22(32)33/h1-3,5-6,14-17,34H,4,7-12,23H2,(H2,24,28)(H,25,30)(H,26,29)(H,32,33). The van der Waals surface area contributed by atoms with Crippen LogP contribution in [0.3, 0.4) is 0 Å². The highest BCUT2D eigenvalue weighted by Crippen LogP contribution is 2.20. The predicted molar refractivity (Wildman–Crippen MR) is 127 cm³/mol. The van der Waals surface area contributed by atoms with E-state index in [2.05, 4.69) is 23.3 Å². The second-order valence-corrected chi connectivity index (χ2v) is 8.50. The molecule has 34 heavy (non-hydrogen) atoms. The van der Waals surface area contributed by atoms with Crippen molar-refractivity contribution in [3.05, 3.63) is 35.9 Å². The number of nitrogens with two attached hydrogens (primary N) is 2. The van der Waals surface area contributed by atoms with Crippen LogP contribution in [0.15, 0.2) is 30.3 Å². The summed E-state index contributed by atoms with van der Waals surface area (Å²) in [6, 6.07) is 4.73. The van der Waals surface area contributed by atoms with E-state index in [-0.39, 0.29) is 31.6 Å². The summed E-state index contributed by atoms with van der Waals surface area (Å²) in [5.41, 5.74) is 11.7. The molecule has 186 valence electrons. The number of amides is 4. The number of benzene rings is 1. The van der Waals surface area contributed by atoms with E-state index in [1.165, 1.54) is 4.90 Å². The highest BCUT2D eigenvalue weighted by molar-refractivity contribution is 7.80. The molecular formula is C22H31N5O6S. The molecule has 0 radical (unpaired) electrons. The van der Waals surface area contributed by atoms with Gasteiger partial charge in [0.1, 0.15) is 18.1 Å². The van der Waals surface area contributed by atoms with E-state index in [1.54, 1.807) is 30.3 Å². The van der Waals surface area contributed by atoms with E-state index >= 15 is 0 Å². The van der Waals surface area contributed by atoms with Crippen LogP contribution in [0.25, 0.3) is 0 Å². The van der Waals surface area contributed by atoms with Crippen LogP contribution in [0.4, 0.5) is 0 Å². The molecule has 1 heterocycles. The van der Waals surface area contributed by atoms with Gasteiger partial charge in [-0.25, -0.2) is 4.79 Å². The quantitative estimate of drug-likeness (QED) is 0.197. The summed E-state index contributed by atoms with van der Waals surface area (Å²) in [5.74, 6) is -3.61. The number of nitrogens with one attached hydrogen (secondary N) is 2. The molecule has 1 fully saturated rings. The van der Waals surface area contributed by atoms with Crippen molar-refractivity contribution in [2.75, 3.05) is 12.3 Å². The third kappa shape index (κ3) is 7.73. The lowest BCUT2D eigenvalue weighted by atomic mass is 10.0. The van der Waals surface area contributed by atoms with E-state index in [4.69, 9.17) is 11.5 Å². The number of hydrogen-bond donors (Lipinski definition) is 6. The minimum Gasteiger partial charge on any atom is -0.480 e. The highest BCUT2D eigenvalue weighted by Gasteiger charge is 2.38. The molecule has 0 aliphatic carbocycles. The first kappa shape index (κ1) is 27.1. The average Bonchev–Trinajstić information content (AvgIpc) is 3.31. The highest BCUT2D eigenvalue weighted by atomic mass is 32.1. The molecule has 0 saturated carbocycles. The third-order valence-corrected chi connectivity index (χ3v) is 5.96. The lowest BCUT2D eigenvalue weighted by molar-refractivity contribution is -0.149. The van der Waals surface area contributed by atoms with E-state index in [0.717, 1.165) is 5.56 Å². The number of carbonyl (C=O) groups excluding carboxylic acids is 4. The van der Waals surface area contributed by atoms with Gasteiger partial charge in [0.05, 0.1) is 6.04 Å². The monoisotopic (exact) mass is 493 g/mol. The van der Waals surface area contributed by atoms with Gasteiger partial charge in [0.25, 0.3) is 0 Å². The van der Waals surface area contributed by atoms with Crippen LogP contribution < -0.4 is 22.1 Å². The molecule has 4 atom stereocenters. The topological polar surface area (TPSA) is 185 Å². The molecule has 12 heteroatoms. The SMILES string of the molecule is NC(=O)CCC(NC(=O)C(Cc1ccccc1)NC(=O)C(N)CS)C(=O)N1CCCC1C(=O)O. The largest absolute Gasteiger partial charge is 0.480 e. The maximum absolute atomic E-state index is 13.2. The number of rotatable bonds is 12. The van der Waals surface area contributed by atoms with Gasteiger partial charge < -0.3 is 32.1 Å². The number of carboxylic acids is 1. The second-order valence-electron chi connectivity index (χ2n) is 8.13. The van der Waals surface area contributed by atoms with Crippen LogP contribution in [0.2, 0.25) is 0 Å². The zero-order chi connectivity index (χ0) is 25.3. The Kier molecular flexibility index (Phi) is 10.3. The summed E-state index contributed by atoms with van der Waals surface area (Å²) in [4.78, 5) is 62.8. The predicted octanol–water partition coefficient (Wildman–Crippen LogP) is -1.20. The summed E-state index contributed by atoms with van der Waals surface area (Å²) in [6.07, 6.45) is 0.628. The molecule has 1 aromatic carbocycles. The number of aliphatic carboxylic acids is 1. The molecule has 0 aromatic heterocycles. The fraction of sp³-hybridized carbons (Fsp3) is 0.500. The Morgan fingerprint density at radius 3 is 2.32 bits per heavy atom. The van der Waals surface area contributed by atoms with Crippen molar-refractivity contribution in [2.24, 2.45) is 11.5 Å². The van der Waals surface area contributed by atoms with Gasteiger partial charge in [0.2, 0.25) is 23.6 Å². The normalized spacial score (nSPS) is 17.9. The lowest BCUT2D eigenvalue weighted by Gasteiger charge is -2.29. The molecule has 7 N–H and O–H groups in total. The van der Waals surface area contributed by atoms with E-state index < -0.39 is 53.8 Å². The Bertz CT molecular complexity index is 899. The van der Waals surface area contributed by atoms with Crippen LogP contribution in [0.1, 0.15) is 31.2 Å². The molecule has 11 nitrogen and oxygen atoms in total. The smallest absolute Gasteiger partial charge is 0.326 e. The summed E-state index contributed by atoms with van der Waals surface area (Å²) < 4.78 is 0. The molecule has 4 unspecified atom stereocenters. The van der Waals surface area contributed by atoms with Crippen molar-refractivity contribution in [3.8, 4) is 0 Å². The Morgan fingerprint density at radius 2 is 1.74 bits per heavy atom. The maximum atomic E-state index is 13.2. The number of carboxylic acid groups (broad SMARTS) is 1. The summed E-state index contributed by atoms with van der Waals surface area (Å²) >= 11 is 4.00.